The van der Waals surface area contributed by atoms with Crippen molar-refractivity contribution in [3.63, 3.8) is 0 Å². The molecule has 0 unspecified atom stereocenters. The summed E-state index contributed by atoms with van der Waals surface area (Å²) < 4.78 is 25.1. The van der Waals surface area contributed by atoms with E-state index in [1.807, 2.05) is 25.1 Å². The SMILES string of the molecule is Cc1cccnc1-c1cc2c(c(CC(=O)N(c3ccccc3)S(N)(=O)=O)n1)NCCC2. The lowest BCUT2D eigenvalue weighted by Crippen LogP contribution is -2.42. The van der Waals surface area contributed by atoms with Gasteiger partial charge in [0.1, 0.15) is 0 Å². The van der Waals surface area contributed by atoms with E-state index in [0.29, 0.717) is 15.7 Å². The summed E-state index contributed by atoms with van der Waals surface area (Å²) in [7, 11) is -4.30. The van der Waals surface area contributed by atoms with E-state index in [1.165, 1.54) is 12.1 Å². The van der Waals surface area contributed by atoms with Gasteiger partial charge in [-0.25, -0.2) is 10.1 Å². The molecule has 0 saturated carbocycles. The molecule has 0 aliphatic carbocycles. The maximum absolute atomic E-state index is 13.1. The van der Waals surface area contributed by atoms with Gasteiger partial charge >= 0.3 is 10.2 Å². The first kappa shape index (κ1) is 21.0. The maximum atomic E-state index is 13.1. The number of nitrogens with one attached hydrogen (secondary N) is 1. The lowest BCUT2D eigenvalue weighted by atomic mass is 9.99. The summed E-state index contributed by atoms with van der Waals surface area (Å²) >= 11 is 0. The summed E-state index contributed by atoms with van der Waals surface area (Å²) in [5.41, 5.74) is 4.83. The Balaban J connectivity index is 1.77. The Labute approximate surface area is 181 Å². The molecule has 2 aromatic heterocycles. The molecule has 0 bridgehead atoms. The molecule has 0 saturated heterocycles. The summed E-state index contributed by atoms with van der Waals surface area (Å²) in [4.78, 5) is 22.3. The van der Waals surface area contributed by atoms with Crippen molar-refractivity contribution in [1.82, 2.24) is 9.97 Å². The number of aryl methyl sites for hydroxylation is 2. The van der Waals surface area contributed by atoms with Gasteiger partial charge in [0.05, 0.1) is 34.9 Å². The molecule has 0 spiro atoms. The van der Waals surface area contributed by atoms with Gasteiger partial charge in [0.2, 0.25) is 5.91 Å². The number of para-hydroxylation sites is 1. The van der Waals surface area contributed by atoms with Crippen molar-refractivity contribution in [3.05, 3.63) is 71.5 Å². The fraction of sp³-hybridized carbons (Fsp3) is 0.227. The standard InChI is InChI=1S/C22H23N5O3S/c1-15-7-5-11-24-21(15)18-13-16-8-6-12-25-22(16)19(26-18)14-20(28)27(31(23,29)30)17-9-3-2-4-10-17/h2-5,7,9-11,13,25H,6,8,12,14H2,1H3,(H2,23,29,30). The van der Waals surface area contributed by atoms with Gasteiger partial charge in [-0.1, -0.05) is 24.3 Å². The van der Waals surface area contributed by atoms with E-state index in [2.05, 4.69) is 10.3 Å². The average Bonchev–Trinajstić information content (AvgIpc) is 2.74. The van der Waals surface area contributed by atoms with E-state index in [0.717, 1.165) is 41.9 Å². The number of amides is 1. The van der Waals surface area contributed by atoms with E-state index in [4.69, 9.17) is 10.1 Å². The van der Waals surface area contributed by atoms with Crippen LogP contribution in [0.25, 0.3) is 11.4 Å². The predicted molar refractivity (Wildman–Crippen MR) is 120 cm³/mol. The molecule has 0 fully saturated rings. The predicted octanol–water partition coefficient (Wildman–Crippen LogP) is 2.59. The number of hydrogen-bond acceptors (Lipinski definition) is 6. The van der Waals surface area contributed by atoms with Crippen molar-refractivity contribution in [1.29, 1.82) is 0 Å². The second kappa shape index (κ2) is 8.44. The van der Waals surface area contributed by atoms with Crippen LogP contribution in [0.3, 0.4) is 0 Å². The van der Waals surface area contributed by atoms with Crippen molar-refractivity contribution in [2.75, 3.05) is 16.2 Å². The number of pyridine rings is 2. The van der Waals surface area contributed by atoms with Gasteiger partial charge in [0.25, 0.3) is 0 Å². The number of nitrogens with two attached hydrogens (primary N) is 1. The molecular formula is C22H23N5O3S. The van der Waals surface area contributed by atoms with Crippen LogP contribution in [0.1, 0.15) is 23.2 Å². The van der Waals surface area contributed by atoms with E-state index in [-0.39, 0.29) is 12.1 Å². The Bertz CT molecular complexity index is 1230. The van der Waals surface area contributed by atoms with Crippen molar-refractivity contribution in [2.45, 2.75) is 26.2 Å². The van der Waals surface area contributed by atoms with Crippen molar-refractivity contribution >= 4 is 27.5 Å². The largest absolute Gasteiger partial charge is 0.383 e. The van der Waals surface area contributed by atoms with Crippen molar-refractivity contribution in [3.8, 4) is 11.4 Å². The maximum Gasteiger partial charge on any atom is 0.305 e. The Morgan fingerprint density at radius 3 is 2.68 bits per heavy atom. The quantitative estimate of drug-likeness (QED) is 0.633. The first-order chi connectivity index (χ1) is 14.8. The summed E-state index contributed by atoms with van der Waals surface area (Å²) in [6.07, 6.45) is 3.27. The minimum absolute atomic E-state index is 0.188. The zero-order valence-electron chi connectivity index (χ0n) is 17.1. The lowest BCUT2D eigenvalue weighted by Gasteiger charge is -2.24. The van der Waals surface area contributed by atoms with Crippen LogP contribution in [0.15, 0.2) is 54.7 Å². The number of fused-ring (bicyclic) bond motifs is 1. The minimum Gasteiger partial charge on any atom is -0.383 e. The normalized spacial score (nSPS) is 13.2. The van der Waals surface area contributed by atoms with E-state index < -0.39 is 16.1 Å². The van der Waals surface area contributed by atoms with Crippen molar-refractivity contribution < 1.29 is 13.2 Å². The Kier molecular flexibility index (Phi) is 5.71. The molecular weight excluding hydrogens is 414 g/mol. The second-order valence-electron chi connectivity index (χ2n) is 7.40. The van der Waals surface area contributed by atoms with Crippen LogP contribution >= 0.6 is 0 Å². The van der Waals surface area contributed by atoms with Crippen LogP contribution in [0.5, 0.6) is 0 Å². The molecule has 3 N–H and O–H groups in total. The fourth-order valence-corrected chi connectivity index (χ4v) is 4.54. The molecule has 1 aromatic carbocycles. The highest BCUT2D eigenvalue weighted by molar-refractivity contribution is 7.91. The number of anilines is 2. The third kappa shape index (κ3) is 4.42. The highest BCUT2D eigenvalue weighted by Crippen LogP contribution is 2.31. The van der Waals surface area contributed by atoms with Gasteiger partial charge in [-0.15, -0.1) is 0 Å². The topological polar surface area (TPSA) is 118 Å². The van der Waals surface area contributed by atoms with Crippen LogP contribution < -0.4 is 14.8 Å². The highest BCUT2D eigenvalue weighted by Gasteiger charge is 2.28. The van der Waals surface area contributed by atoms with Crippen LogP contribution in [0, 0.1) is 6.92 Å². The number of carbonyl (C=O) groups excluding carboxylic acids is 1. The smallest absolute Gasteiger partial charge is 0.305 e. The van der Waals surface area contributed by atoms with Crippen molar-refractivity contribution in [2.24, 2.45) is 5.14 Å². The molecule has 31 heavy (non-hydrogen) atoms. The van der Waals surface area contributed by atoms with Gasteiger partial charge in [0.15, 0.2) is 0 Å². The third-order valence-corrected chi connectivity index (χ3v) is 6.07. The molecule has 0 radical (unpaired) electrons. The molecule has 160 valence electrons. The fourth-order valence-electron chi connectivity index (χ4n) is 3.78. The first-order valence-corrected chi connectivity index (χ1v) is 11.4. The van der Waals surface area contributed by atoms with Crippen LogP contribution in [0.2, 0.25) is 0 Å². The Morgan fingerprint density at radius 1 is 1.19 bits per heavy atom. The van der Waals surface area contributed by atoms with Gasteiger partial charge in [-0.05, 0) is 55.2 Å². The molecule has 3 aromatic rings. The van der Waals surface area contributed by atoms with Crippen LogP contribution in [-0.4, -0.2) is 30.8 Å². The monoisotopic (exact) mass is 437 g/mol. The van der Waals surface area contributed by atoms with Gasteiger partial charge in [0, 0.05) is 12.7 Å². The lowest BCUT2D eigenvalue weighted by molar-refractivity contribution is -0.116. The molecule has 0 atom stereocenters. The van der Waals surface area contributed by atoms with E-state index in [9.17, 15) is 13.2 Å². The van der Waals surface area contributed by atoms with Gasteiger partial charge < -0.3 is 5.32 Å². The van der Waals surface area contributed by atoms with Gasteiger partial charge in [-0.2, -0.15) is 12.7 Å². The number of benzene rings is 1. The third-order valence-electron chi connectivity index (χ3n) is 5.14. The van der Waals surface area contributed by atoms with Crippen LogP contribution in [-0.2, 0) is 27.8 Å². The Hall–Kier alpha value is -3.30. The molecule has 3 heterocycles. The molecule has 8 nitrogen and oxygen atoms in total. The number of carbonyl (C=O) groups is 1. The van der Waals surface area contributed by atoms with E-state index >= 15 is 0 Å². The highest BCUT2D eigenvalue weighted by atomic mass is 32.2. The molecule has 1 aliphatic rings. The zero-order valence-corrected chi connectivity index (χ0v) is 17.9. The second-order valence-corrected chi connectivity index (χ2v) is 8.80. The number of rotatable bonds is 5. The minimum atomic E-state index is -4.30. The molecule has 9 heteroatoms. The summed E-state index contributed by atoms with van der Waals surface area (Å²) in [6, 6.07) is 13.9. The van der Waals surface area contributed by atoms with Gasteiger partial charge in [-0.3, -0.25) is 9.78 Å². The van der Waals surface area contributed by atoms with E-state index in [1.54, 1.807) is 24.4 Å². The summed E-state index contributed by atoms with van der Waals surface area (Å²) in [5, 5.41) is 8.69. The molecule has 1 aliphatic heterocycles. The zero-order chi connectivity index (χ0) is 22.0. The van der Waals surface area contributed by atoms with Crippen LogP contribution in [0.4, 0.5) is 11.4 Å². The number of hydrogen-bond donors (Lipinski definition) is 2. The first-order valence-electron chi connectivity index (χ1n) is 9.94. The Morgan fingerprint density at radius 2 is 1.97 bits per heavy atom. The number of aromatic nitrogens is 2. The average molecular weight is 438 g/mol. The number of nitrogens with zero attached hydrogens (tertiary/aromatic N) is 3. The molecule has 4 rings (SSSR count). The summed E-state index contributed by atoms with van der Waals surface area (Å²) in [5.74, 6) is -0.675. The molecule has 1 amide bonds. The summed E-state index contributed by atoms with van der Waals surface area (Å²) in [6.45, 7) is 2.71.